The van der Waals surface area contributed by atoms with Crippen molar-refractivity contribution in [1.82, 2.24) is 9.97 Å². The molecular weight excluding hydrogens is 623 g/mol. The topological polar surface area (TPSA) is 110 Å². The minimum atomic E-state index is -4.09. The van der Waals surface area contributed by atoms with E-state index in [4.69, 9.17) is 4.74 Å². The molecular formula is C39H39N3O5S. The molecule has 2 heterocycles. The summed E-state index contributed by atoms with van der Waals surface area (Å²) >= 11 is 0. The Kier molecular flexibility index (Phi) is 9.59. The number of ether oxygens (including phenoxy) is 1. The highest BCUT2D eigenvalue weighted by Gasteiger charge is 2.43. The quantitative estimate of drug-likeness (QED) is 0.108. The van der Waals surface area contributed by atoms with Gasteiger partial charge in [0.1, 0.15) is 11.4 Å². The van der Waals surface area contributed by atoms with Crippen LogP contribution in [0.25, 0.3) is 10.9 Å². The van der Waals surface area contributed by atoms with Crippen LogP contribution in [0.15, 0.2) is 132 Å². The molecule has 1 aliphatic heterocycles. The highest BCUT2D eigenvalue weighted by molar-refractivity contribution is 7.92. The number of rotatable bonds is 12. The van der Waals surface area contributed by atoms with E-state index >= 15 is 0 Å². The van der Waals surface area contributed by atoms with Crippen LogP contribution in [0.3, 0.4) is 0 Å². The normalized spacial score (nSPS) is 15.2. The Labute approximate surface area is 281 Å². The number of carbonyl (C=O) groups excluding carboxylic acids is 1. The number of aryl methyl sites for hydroxylation is 2. The van der Waals surface area contributed by atoms with E-state index in [0.29, 0.717) is 48.9 Å². The van der Waals surface area contributed by atoms with Gasteiger partial charge in [0.05, 0.1) is 16.8 Å². The maximum absolute atomic E-state index is 13.9. The summed E-state index contributed by atoms with van der Waals surface area (Å²) in [5, 5.41) is 12.1. The second-order valence-electron chi connectivity index (χ2n) is 12.3. The number of aromatic nitrogens is 2. The number of cyclic esters (lactones) is 1. The van der Waals surface area contributed by atoms with Crippen molar-refractivity contribution in [3.8, 4) is 0 Å². The van der Waals surface area contributed by atoms with Gasteiger partial charge >= 0.3 is 5.97 Å². The van der Waals surface area contributed by atoms with Crippen LogP contribution in [0.1, 0.15) is 55.2 Å². The molecule has 48 heavy (non-hydrogen) atoms. The highest BCUT2D eigenvalue weighted by atomic mass is 32.2. The minimum absolute atomic E-state index is 0.0233. The van der Waals surface area contributed by atoms with Crippen LogP contribution < -0.4 is 4.31 Å². The Bertz CT molecular complexity index is 2010. The Morgan fingerprint density at radius 3 is 2.12 bits per heavy atom. The molecule has 0 aliphatic carbocycles. The van der Waals surface area contributed by atoms with Crippen molar-refractivity contribution in [2.75, 3.05) is 11.4 Å². The number of carbonyl (C=O) groups is 1. The lowest BCUT2D eigenvalue weighted by Gasteiger charge is -2.39. The standard InChI is InChI=1S/C39H39N3O5S/c1-3-33(30-18-12-19-32(25-30)42(2)48(45,46)38-40-27-31-17-10-11-20-34(31)41-38)36-35(43)26-39(47-37(36)44,23-21-28-13-6-4-7-14-28)24-22-29-15-8-5-9-16-29/h4-20,25,27,33,43H,3,21-24,26H2,1-2H3. The molecule has 0 radical (unpaired) electrons. The Morgan fingerprint density at radius 2 is 1.50 bits per heavy atom. The average molecular weight is 662 g/mol. The third-order valence-electron chi connectivity index (χ3n) is 9.20. The molecule has 0 saturated carbocycles. The number of aliphatic hydroxyl groups excluding tert-OH is 1. The van der Waals surface area contributed by atoms with Gasteiger partial charge in [-0.25, -0.2) is 14.8 Å². The zero-order chi connectivity index (χ0) is 33.7. The second kappa shape index (κ2) is 14.0. The highest BCUT2D eigenvalue weighted by Crippen LogP contribution is 2.42. The van der Waals surface area contributed by atoms with Crippen LogP contribution in [-0.2, 0) is 32.4 Å². The molecule has 0 spiro atoms. The molecule has 4 aromatic carbocycles. The lowest BCUT2D eigenvalue weighted by atomic mass is 9.79. The second-order valence-corrected chi connectivity index (χ2v) is 14.2. The van der Waals surface area contributed by atoms with Gasteiger partial charge in [-0.3, -0.25) is 4.31 Å². The predicted octanol–water partition coefficient (Wildman–Crippen LogP) is 7.71. The summed E-state index contributed by atoms with van der Waals surface area (Å²) in [6, 6.07) is 34.3. The third kappa shape index (κ3) is 6.96. The van der Waals surface area contributed by atoms with E-state index in [0.717, 1.165) is 20.8 Å². The van der Waals surface area contributed by atoms with Crippen molar-refractivity contribution in [2.45, 2.75) is 62.1 Å². The van der Waals surface area contributed by atoms with E-state index in [-0.39, 0.29) is 22.9 Å². The van der Waals surface area contributed by atoms with E-state index in [1.807, 2.05) is 61.5 Å². The van der Waals surface area contributed by atoms with Gasteiger partial charge in [-0.1, -0.05) is 97.9 Å². The third-order valence-corrected chi connectivity index (χ3v) is 10.8. The SMILES string of the molecule is CCC(C1=C(O)CC(CCc2ccccc2)(CCc2ccccc2)OC1=O)c1cccc(N(C)S(=O)(=O)c2ncc3ccccc3n2)c1. The van der Waals surface area contributed by atoms with E-state index < -0.39 is 27.5 Å². The summed E-state index contributed by atoms with van der Waals surface area (Å²) < 4.78 is 34.7. The van der Waals surface area contributed by atoms with Gasteiger partial charge in [-0.15, -0.1) is 0 Å². The summed E-state index contributed by atoms with van der Waals surface area (Å²) in [5.74, 6) is -1.02. The monoisotopic (exact) mass is 661 g/mol. The van der Waals surface area contributed by atoms with Crippen molar-refractivity contribution in [1.29, 1.82) is 0 Å². The smallest absolute Gasteiger partial charge is 0.338 e. The van der Waals surface area contributed by atoms with Gasteiger partial charge in [0.25, 0.3) is 15.2 Å². The van der Waals surface area contributed by atoms with E-state index in [9.17, 15) is 18.3 Å². The first-order valence-corrected chi connectivity index (χ1v) is 17.7. The largest absolute Gasteiger partial charge is 0.512 e. The summed E-state index contributed by atoms with van der Waals surface area (Å²) in [4.78, 5) is 22.4. The molecule has 1 unspecified atom stereocenters. The van der Waals surface area contributed by atoms with Crippen LogP contribution >= 0.6 is 0 Å². The molecule has 1 aliphatic rings. The minimum Gasteiger partial charge on any atom is -0.512 e. The van der Waals surface area contributed by atoms with Crippen LogP contribution in [0.2, 0.25) is 0 Å². The Morgan fingerprint density at radius 1 is 0.875 bits per heavy atom. The van der Waals surface area contributed by atoms with Crippen molar-refractivity contribution < 1.29 is 23.1 Å². The molecule has 0 amide bonds. The number of hydrogen-bond donors (Lipinski definition) is 1. The van der Waals surface area contributed by atoms with Crippen molar-refractivity contribution in [2.24, 2.45) is 0 Å². The van der Waals surface area contributed by atoms with Crippen LogP contribution in [0.5, 0.6) is 0 Å². The van der Waals surface area contributed by atoms with Gasteiger partial charge in [0, 0.05) is 31.0 Å². The molecule has 6 rings (SSSR count). The summed E-state index contributed by atoms with van der Waals surface area (Å²) in [5.41, 5.74) is 3.22. The number of esters is 1. The Balaban J connectivity index is 1.28. The number of aliphatic hydroxyl groups is 1. The number of hydrogen-bond acceptors (Lipinski definition) is 7. The fourth-order valence-corrected chi connectivity index (χ4v) is 7.51. The van der Waals surface area contributed by atoms with Crippen molar-refractivity contribution in [3.63, 3.8) is 0 Å². The number of nitrogens with zero attached hydrogens (tertiary/aromatic N) is 3. The zero-order valence-corrected chi connectivity index (χ0v) is 27.9. The summed E-state index contributed by atoms with van der Waals surface area (Å²) in [6.45, 7) is 1.93. The van der Waals surface area contributed by atoms with E-state index in [1.165, 1.54) is 13.2 Å². The number of benzene rings is 4. The van der Waals surface area contributed by atoms with Gasteiger partial charge in [0.2, 0.25) is 0 Å². The van der Waals surface area contributed by atoms with Crippen molar-refractivity contribution >= 4 is 32.6 Å². The van der Waals surface area contributed by atoms with Crippen LogP contribution in [0, 0.1) is 0 Å². The van der Waals surface area contributed by atoms with Crippen molar-refractivity contribution in [3.05, 3.63) is 143 Å². The molecule has 1 atom stereocenters. The number of para-hydroxylation sites is 1. The maximum atomic E-state index is 13.9. The molecule has 8 nitrogen and oxygen atoms in total. The Hall–Kier alpha value is -5.02. The first kappa shape index (κ1) is 32.9. The lowest BCUT2D eigenvalue weighted by molar-refractivity contribution is -0.161. The molecule has 0 bridgehead atoms. The van der Waals surface area contributed by atoms with E-state index in [2.05, 4.69) is 34.2 Å². The van der Waals surface area contributed by atoms with Gasteiger partial charge in [-0.2, -0.15) is 8.42 Å². The summed E-state index contributed by atoms with van der Waals surface area (Å²) in [6.07, 6.45) is 4.73. The predicted molar refractivity (Wildman–Crippen MR) is 187 cm³/mol. The first-order valence-electron chi connectivity index (χ1n) is 16.2. The first-order chi connectivity index (χ1) is 23.2. The van der Waals surface area contributed by atoms with Gasteiger partial charge in [-0.05, 0) is 67.0 Å². The maximum Gasteiger partial charge on any atom is 0.338 e. The lowest BCUT2D eigenvalue weighted by Crippen LogP contribution is -2.42. The summed E-state index contributed by atoms with van der Waals surface area (Å²) in [7, 11) is -2.64. The molecule has 9 heteroatoms. The zero-order valence-electron chi connectivity index (χ0n) is 27.1. The average Bonchev–Trinajstić information content (AvgIpc) is 3.12. The van der Waals surface area contributed by atoms with Gasteiger partial charge < -0.3 is 9.84 Å². The van der Waals surface area contributed by atoms with Crippen LogP contribution in [0.4, 0.5) is 5.69 Å². The van der Waals surface area contributed by atoms with E-state index in [1.54, 1.807) is 30.3 Å². The number of anilines is 1. The molecule has 1 N–H and O–H groups in total. The van der Waals surface area contributed by atoms with Gasteiger partial charge in [0.15, 0.2) is 0 Å². The fraction of sp³-hybridized carbons (Fsp3) is 0.256. The molecule has 0 fully saturated rings. The molecule has 246 valence electrons. The molecule has 0 saturated heterocycles. The number of sulfonamides is 1. The number of fused-ring (bicyclic) bond motifs is 1. The molecule has 1 aromatic heterocycles. The fourth-order valence-electron chi connectivity index (χ4n) is 6.47. The van der Waals surface area contributed by atoms with Crippen LogP contribution in [-0.4, -0.2) is 42.1 Å². The molecule has 5 aromatic rings.